The van der Waals surface area contributed by atoms with Crippen molar-refractivity contribution in [2.45, 2.75) is 43.2 Å². The van der Waals surface area contributed by atoms with Gasteiger partial charge in [0.1, 0.15) is 52.8 Å². The van der Waals surface area contributed by atoms with Crippen LogP contribution in [0.4, 0.5) is 57.9 Å². The first-order chi connectivity index (χ1) is 39.8. The van der Waals surface area contributed by atoms with Crippen LogP contribution in [0.1, 0.15) is 11.1 Å². The van der Waals surface area contributed by atoms with E-state index in [1.165, 1.54) is 26.0 Å². The summed E-state index contributed by atoms with van der Waals surface area (Å²) in [6.07, 6.45) is 0. The van der Waals surface area contributed by atoms with Crippen LogP contribution in [0.25, 0.3) is 21.5 Å². The number of fused-ring (bicyclic) bond motifs is 2. The minimum Gasteiger partial charge on any atom is -0.744 e. The van der Waals surface area contributed by atoms with Crippen LogP contribution in [0.5, 0.6) is 11.5 Å². The van der Waals surface area contributed by atoms with Crippen molar-refractivity contribution in [3.63, 3.8) is 0 Å². The number of aromatic hydroxyl groups is 2. The third kappa shape index (κ3) is 15.6. The second kappa shape index (κ2) is 26.0. The first kappa shape index (κ1) is 70.0. The summed E-state index contributed by atoms with van der Waals surface area (Å²) >= 11 is 12.7. The van der Waals surface area contributed by atoms with Gasteiger partial charge in [-0.05, 0) is 120 Å². The van der Waals surface area contributed by atoms with Crippen LogP contribution < -0.4 is 101 Å². The molecule has 1 saturated heterocycles. The van der Waals surface area contributed by atoms with E-state index in [-0.39, 0.29) is 119 Å². The predicted octanol–water partition coefficient (Wildman–Crippen LogP) is 0.145. The molecule has 0 atom stereocenters. The first-order valence-corrected chi connectivity index (χ1v) is 32.6. The van der Waals surface area contributed by atoms with Crippen molar-refractivity contribution >= 4 is 163 Å². The number of aryl methyl sites for hydroxylation is 2. The molecule has 0 amide bonds. The van der Waals surface area contributed by atoms with E-state index in [1.54, 1.807) is 9.80 Å². The molecular formula is C44H34Cl2KN14NaO20S6. The number of hydrogen-bond acceptors (Lipinski definition) is 30. The van der Waals surface area contributed by atoms with E-state index in [2.05, 4.69) is 61.0 Å². The third-order valence-electron chi connectivity index (χ3n) is 12.2. The molecule has 1 aliphatic rings. The van der Waals surface area contributed by atoms with Crippen molar-refractivity contribution in [2.75, 3.05) is 46.6 Å². The fourth-order valence-electron chi connectivity index (χ4n) is 8.44. The SMILES string of the molecule is Cc1ccc(N=Nc2c(S(=O)(=O)[O-])cc3cc(S(=O)(=O)O)cc(Nc4nc(Cl)nc(N5CCN(c6nc(Cl)nc(Nc7cc(S(=O)(=O)O)cc8cc(S(=O)(=O)[O-])c(N=Nc9ccc(C)cc9S(=O)(=O)O)c(O)c78)n6)CC5)n4)c3c2O)c(S(=O)(=O)O)c1.[K+].[Na+]. The molecule has 0 spiro atoms. The van der Waals surface area contributed by atoms with Gasteiger partial charge in [0.25, 0.3) is 40.5 Å². The monoisotopic (exact) mass is 1400 g/mol. The molecule has 3 heterocycles. The van der Waals surface area contributed by atoms with E-state index in [1.807, 2.05) is 0 Å². The van der Waals surface area contributed by atoms with Gasteiger partial charge in [-0.2, -0.15) is 63.6 Å². The minimum absolute atomic E-state index is 0. The Hall–Kier alpha value is -5.46. The van der Waals surface area contributed by atoms with Crippen molar-refractivity contribution in [3.8, 4) is 11.5 Å². The van der Waals surface area contributed by atoms with Gasteiger partial charge < -0.3 is 39.8 Å². The Bertz CT molecular complexity index is 4710. The van der Waals surface area contributed by atoms with E-state index >= 15 is 0 Å². The summed E-state index contributed by atoms with van der Waals surface area (Å²) in [5, 5.41) is 40.2. The molecule has 0 bridgehead atoms. The van der Waals surface area contributed by atoms with E-state index < -0.39 is 180 Å². The van der Waals surface area contributed by atoms with Gasteiger partial charge in [-0.15, -0.1) is 20.5 Å². The number of azo groups is 2. The van der Waals surface area contributed by atoms with Crippen molar-refractivity contribution in [1.29, 1.82) is 0 Å². The molecule has 9 rings (SSSR count). The molecule has 44 heteroatoms. The maximum absolute atomic E-state index is 12.6. The zero-order valence-electron chi connectivity index (χ0n) is 44.7. The minimum atomic E-state index is -5.64. The average Bonchev–Trinajstić information content (AvgIpc) is 1.32. The fraction of sp³-hybridized carbons (Fsp3) is 0.136. The normalized spacial score (nSPS) is 13.7. The molecular weight excluding hydrogens is 1370 g/mol. The molecule has 88 heavy (non-hydrogen) atoms. The van der Waals surface area contributed by atoms with Gasteiger partial charge in [0.05, 0.1) is 31.0 Å². The Labute approximate surface area is 571 Å². The molecule has 0 radical (unpaired) electrons. The second-order valence-electron chi connectivity index (χ2n) is 18.1. The summed E-state index contributed by atoms with van der Waals surface area (Å²) in [5.41, 5.74) is -3.66. The molecule has 1 fully saturated rings. The summed E-state index contributed by atoms with van der Waals surface area (Å²) in [6, 6.07) is 10.8. The van der Waals surface area contributed by atoms with Crippen LogP contribution in [-0.4, -0.2) is 144 Å². The van der Waals surface area contributed by atoms with Crippen LogP contribution in [0.3, 0.4) is 0 Å². The van der Waals surface area contributed by atoms with Gasteiger partial charge in [-0.3, -0.25) is 18.2 Å². The van der Waals surface area contributed by atoms with Crippen molar-refractivity contribution in [3.05, 3.63) is 94.5 Å². The molecule has 2 aromatic heterocycles. The van der Waals surface area contributed by atoms with E-state index in [4.69, 9.17) is 23.2 Å². The molecule has 452 valence electrons. The zero-order chi connectivity index (χ0) is 63.0. The number of nitrogens with one attached hydrogen (secondary N) is 2. The van der Waals surface area contributed by atoms with Gasteiger partial charge in [-0.25, -0.2) is 16.8 Å². The smallest absolute Gasteiger partial charge is 0.744 e. The zero-order valence-corrected chi connectivity index (χ0v) is 56.3. The number of benzene rings is 6. The van der Waals surface area contributed by atoms with Crippen molar-refractivity contribution in [1.82, 2.24) is 29.9 Å². The Morgan fingerprint density at radius 2 is 0.818 bits per heavy atom. The standard InChI is InChI=1S/C44H36Cl2N14O20S6.K.Na/c1-19-3-5-25(29(11-19)83(69,70)71)55-57-35-31(85(75,76)77)15-21-13-23(81(63,64)65)17-27(33(21)37(35)61)47-41-49-39(45)51-43(53-41)59-7-9-60(10-8-59)44-52-40(46)50-42(54-44)48-28-18-24(82(66,67)68)14-22-16-32(86(78,79)80)36(38(62)34(22)28)58-56-26-6-4-20(2)12-30(26)84(72,73)74;;/h3-6,11-18,61-62H,7-10H2,1-2H3,(H,63,64,65)(H,66,67,68)(H,69,70,71)(H,72,73,74)(H,75,76,77)(H,78,79,80)(H,47,49,51,53)(H,48,50,52,54);;/q;2*+1/p-2. The molecule has 6 aromatic carbocycles. The van der Waals surface area contributed by atoms with Crippen LogP contribution in [0, 0.1) is 13.8 Å². The van der Waals surface area contributed by atoms with E-state index in [9.17, 15) is 88.0 Å². The maximum atomic E-state index is 12.6. The number of phenols is 2. The molecule has 0 unspecified atom stereocenters. The van der Waals surface area contributed by atoms with Crippen LogP contribution in [0.2, 0.25) is 10.6 Å². The molecule has 8 N–H and O–H groups in total. The number of piperazine rings is 1. The maximum Gasteiger partial charge on any atom is 1.00 e. The molecule has 8 aromatic rings. The number of anilines is 6. The summed E-state index contributed by atoms with van der Waals surface area (Å²) < 4.78 is 214. The number of nitrogens with zero attached hydrogens (tertiary/aromatic N) is 12. The molecule has 0 aliphatic carbocycles. The Morgan fingerprint density at radius 1 is 0.477 bits per heavy atom. The van der Waals surface area contributed by atoms with E-state index in [0.717, 1.165) is 36.4 Å². The van der Waals surface area contributed by atoms with E-state index in [0.29, 0.717) is 35.4 Å². The van der Waals surface area contributed by atoms with Gasteiger partial charge in [0.15, 0.2) is 11.5 Å². The van der Waals surface area contributed by atoms with Crippen LogP contribution in [0.15, 0.2) is 123 Å². The topological polar surface area (TPSA) is 530 Å². The Morgan fingerprint density at radius 3 is 1.12 bits per heavy atom. The largest absolute Gasteiger partial charge is 1.00 e. The van der Waals surface area contributed by atoms with Gasteiger partial charge in [0, 0.05) is 37.0 Å². The van der Waals surface area contributed by atoms with Gasteiger partial charge in [0.2, 0.25) is 34.4 Å². The van der Waals surface area contributed by atoms with Crippen LogP contribution in [-0.2, 0) is 60.7 Å². The number of hydrogen-bond donors (Lipinski definition) is 8. The quantitative estimate of drug-likeness (QED) is 0.0362. The molecule has 0 saturated carbocycles. The summed E-state index contributed by atoms with van der Waals surface area (Å²) in [5.74, 6) is -3.61. The number of aromatic nitrogens is 6. The summed E-state index contributed by atoms with van der Waals surface area (Å²) in [7, 11) is -31.6. The fourth-order valence-corrected chi connectivity index (χ4v) is 12.5. The molecule has 1 aliphatic heterocycles. The van der Waals surface area contributed by atoms with Crippen molar-refractivity contribution < 1.29 is 169 Å². The number of halogens is 2. The van der Waals surface area contributed by atoms with Crippen LogP contribution >= 0.6 is 23.2 Å². The Kier molecular flexibility index (Phi) is 20.7. The third-order valence-corrected chi connectivity index (χ3v) is 17.7. The summed E-state index contributed by atoms with van der Waals surface area (Å²) in [4.78, 5) is 22.1. The molecule has 34 nitrogen and oxygen atoms in total. The second-order valence-corrected chi connectivity index (χ2v) is 27.1. The first-order valence-electron chi connectivity index (χ1n) is 23.2. The number of phenolic OH excluding ortho intramolecular Hbond substituents is 2. The van der Waals surface area contributed by atoms with Gasteiger partial charge >= 0.3 is 80.9 Å². The number of rotatable bonds is 16. The van der Waals surface area contributed by atoms with Crippen molar-refractivity contribution in [2.24, 2.45) is 20.5 Å². The summed E-state index contributed by atoms with van der Waals surface area (Å²) in [6.45, 7) is 2.94. The van der Waals surface area contributed by atoms with Gasteiger partial charge in [-0.1, -0.05) is 12.1 Å². The predicted molar refractivity (Wildman–Crippen MR) is 298 cm³/mol. The Balaban J connectivity index is 0.00000552. The average molecular weight is 1400 g/mol.